The van der Waals surface area contributed by atoms with Crippen molar-refractivity contribution in [3.63, 3.8) is 0 Å². The monoisotopic (exact) mass is 296 g/mol. The lowest BCUT2D eigenvalue weighted by molar-refractivity contribution is 0.172. The van der Waals surface area contributed by atoms with Gasteiger partial charge in [0.05, 0.1) is 5.56 Å². The fraction of sp³-hybridized carbons (Fsp3) is 0.385. The minimum absolute atomic E-state index is 0.571. The summed E-state index contributed by atoms with van der Waals surface area (Å²) in [6, 6.07) is 5.84. The second-order valence-electron chi connectivity index (χ2n) is 4.12. The van der Waals surface area contributed by atoms with E-state index in [1.54, 1.807) is 11.3 Å². The number of aryl methyl sites for hydroxylation is 1. The first-order chi connectivity index (χ1) is 9.38. The number of fused-ring (bicyclic) bond motifs is 1. The molecule has 0 atom stereocenters. The predicted molar refractivity (Wildman–Crippen MR) is 75.4 cm³/mol. The van der Waals surface area contributed by atoms with Crippen LogP contribution < -0.4 is 9.47 Å². The number of benzene rings is 1. The van der Waals surface area contributed by atoms with Crippen LogP contribution in [0.1, 0.15) is 11.4 Å². The molecule has 0 saturated carbocycles. The molecule has 6 heteroatoms. The molecule has 1 aromatic carbocycles. The molecule has 0 N–H and O–H groups in total. The summed E-state index contributed by atoms with van der Waals surface area (Å²) in [5.41, 5.74) is 0.951. The summed E-state index contributed by atoms with van der Waals surface area (Å²) < 4.78 is 11.3. The summed E-state index contributed by atoms with van der Waals surface area (Å²) in [7, 11) is 0. The average molecular weight is 297 g/mol. The average Bonchev–Trinajstić information content (AvgIpc) is 2.93. The van der Waals surface area contributed by atoms with Crippen LogP contribution in [0.25, 0.3) is 10.6 Å². The summed E-state index contributed by atoms with van der Waals surface area (Å²) in [4.78, 5) is 0. The Morgan fingerprint density at radius 1 is 1.21 bits per heavy atom. The fourth-order valence-electron chi connectivity index (χ4n) is 1.92. The normalized spacial score (nSPS) is 13.5. The van der Waals surface area contributed by atoms with E-state index in [0.717, 1.165) is 39.9 Å². The number of hydrogen-bond acceptors (Lipinski definition) is 5. The van der Waals surface area contributed by atoms with Gasteiger partial charge in [0.25, 0.3) is 0 Å². The molecule has 0 fully saturated rings. The van der Waals surface area contributed by atoms with E-state index in [4.69, 9.17) is 21.1 Å². The molecule has 2 heterocycles. The highest BCUT2D eigenvalue weighted by atomic mass is 35.5. The van der Waals surface area contributed by atoms with Crippen LogP contribution in [0.4, 0.5) is 0 Å². The molecule has 0 aliphatic carbocycles. The van der Waals surface area contributed by atoms with Gasteiger partial charge in [-0.2, -0.15) is 0 Å². The van der Waals surface area contributed by atoms with Gasteiger partial charge in [-0.3, -0.25) is 0 Å². The number of rotatable bonds is 4. The highest BCUT2D eigenvalue weighted by molar-refractivity contribution is 7.14. The van der Waals surface area contributed by atoms with Crippen molar-refractivity contribution < 1.29 is 9.47 Å². The molecule has 1 aromatic heterocycles. The van der Waals surface area contributed by atoms with Crippen LogP contribution in [0.3, 0.4) is 0 Å². The standard InChI is InChI=1S/C13H13ClN2O2S/c14-6-2-5-11-15-16-13(19-11)9-3-1-4-10-12(9)18-8-7-17-10/h1,3-4H,2,5-8H2. The summed E-state index contributed by atoms with van der Waals surface area (Å²) in [6.45, 7) is 1.16. The summed E-state index contributed by atoms with van der Waals surface area (Å²) in [5, 5.41) is 10.3. The zero-order valence-corrected chi connectivity index (χ0v) is 11.8. The number of para-hydroxylation sites is 1. The Balaban J connectivity index is 1.91. The SMILES string of the molecule is ClCCCc1nnc(-c2cccc3c2OCCO3)s1. The molecule has 0 spiro atoms. The fourth-order valence-corrected chi connectivity index (χ4v) is 2.96. The Kier molecular flexibility index (Phi) is 3.84. The van der Waals surface area contributed by atoms with Gasteiger partial charge >= 0.3 is 0 Å². The van der Waals surface area contributed by atoms with E-state index in [1.807, 2.05) is 18.2 Å². The van der Waals surface area contributed by atoms with Crippen molar-refractivity contribution in [1.82, 2.24) is 10.2 Å². The van der Waals surface area contributed by atoms with Gasteiger partial charge in [-0.15, -0.1) is 21.8 Å². The van der Waals surface area contributed by atoms with Gasteiger partial charge in [0.2, 0.25) is 0 Å². The molecule has 2 aromatic rings. The van der Waals surface area contributed by atoms with E-state index in [9.17, 15) is 0 Å². The maximum atomic E-state index is 5.69. The lowest BCUT2D eigenvalue weighted by atomic mass is 10.2. The van der Waals surface area contributed by atoms with Gasteiger partial charge in [0.15, 0.2) is 16.5 Å². The van der Waals surface area contributed by atoms with E-state index < -0.39 is 0 Å². The molecule has 0 bridgehead atoms. The number of aromatic nitrogens is 2. The van der Waals surface area contributed by atoms with Crippen LogP contribution in [0.2, 0.25) is 0 Å². The van der Waals surface area contributed by atoms with E-state index in [-0.39, 0.29) is 0 Å². The van der Waals surface area contributed by atoms with Gasteiger partial charge in [0, 0.05) is 12.3 Å². The zero-order chi connectivity index (χ0) is 13.1. The van der Waals surface area contributed by atoms with Crippen LogP contribution in [0.15, 0.2) is 18.2 Å². The molecule has 3 rings (SSSR count). The molecule has 100 valence electrons. The highest BCUT2D eigenvalue weighted by Gasteiger charge is 2.19. The van der Waals surface area contributed by atoms with Crippen molar-refractivity contribution in [3.05, 3.63) is 23.2 Å². The quantitative estimate of drug-likeness (QED) is 0.813. The Hall–Kier alpha value is -1.33. The molecule has 4 nitrogen and oxygen atoms in total. The molecular formula is C13H13ClN2O2S. The van der Waals surface area contributed by atoms with Crippen LogP contribution >= 0.6 is 22.9 Å². The predicted octanol–water partition coefficient (Wildman–Crippen LogP) is 3.15. The van der Waals surface area contributed by atoms with Crippen LogP contribution in [-0.2, 0) is 6.42 Å². The summed E-state index contributed by atoms with van der Waals surface area (Å²) >= 11 is 7.27. The Morgan fingerprint density at radius 2 is 2.11 bits per heavy atom. The first-order valence-electron chi connectivity index (χ1n) is 6.16. The second kappa shape index (κ2) is 5.75. The molecule has 0 saturated heterocycles. The topological polar surface area (TPSA) is 44.2 Å². The number of alkyl halides is 1. The van der Waals surface area contributed by atoms with Gasteiger partial charge < -0.3 is 9.47 Å². The maximum absolute atomic E-state index is 5.69. The summed E-state index contributed by atoms with van der Waals surface area (Å²) in [5.74, 6) is 2.20. The van der Waals surface area contributed by atoms with Crippen molar-refractivity contribution >= 4 is 22.9 Å². The van der Waals surface area contributed by atoms with Crippen molar-refractivity contribution in [3.8, 4) is 22.1 Å². The minimum Gasteiger partial charge on any atom is -0.486 e. The number of halogens is 1. The molecule has 1 aliphatic heterocycles. The van der Waals surface area contributed by atoms with Gasteiger partial charge in [-0.1, -0.05) is 17.4 Å². The first kappa shape index (κ1) is 12.7. The van der Waals surface area contributed by atoms with E-state index in [0.29, 0.717) is 19.1 Å². The third-order valence-corrected chi connectivity index (χ3v) is 4.07. The second-order valence-corrected chi connectivity index (χ2v) is 5.56. The number of nitrogens with zero attached hydrogens (tertiary/aromatic N) is 2. The van der Waals surface area contributed by atoms with Gasteiger partial charge in [-0.05, 0) is 18.6 Å². The molecular weight excluding hydrogens is 284 g/mol. The third kappa shape index (κ3) is 2.67. The van der Waals surface area contributed by atoms with Crippen molar-refractivity contribution in [2.45, 2.75) is 12.8 Å². The van der Waals surface area contributed by atoms with Crippen molar-refractivity contribution in [2.24, 2.45) is 0 Å². The van der Waals surface area contributed by atoms with E-state index in [2.05, 4.69) is 10.2 Å². The molecule has 0 amide bonds. The smallest absolute Gasteiger partial charge is 0.171 e. The third-order valence-electron chi connectivity index (χ3n) is 2.79. The number of ether oxygens (including phenoxy) is 2. The Bertz CT molecular complexity index is 574. The maximum Gasteiger partial charge on any atom is 0.171 e. The van der Waals surface area contributed by atoms with Gasteiger partial charge in [-0.25, -0.2) is 0 Å². The lowest BCUT2D eigenvalue weighted by Crippen LogP contribution is -2.15. The van der Waals surface area contributed by atoms with Crippen LogP contribution in [-0.4, -0.2) is 29.3 Å². The number of hydrogen-bond donors (Lipinski definition) is 0. The lowest BCUT2D eigenvalue weighted by Gasteiger charge is -2.19. The van der Waals surface area contributed by atoms with Crippen molar-refractivity contribution in [2.75, 3.05) is 19.1 Å². The molecule has 0 radical (unpaired) electrons. The van der Waals surface area contributed by atoms with Crippen LogP contribution in [0.5, 0.6) is 11.5 Å². The molecule has 0 unspecified atom stereocenters. The first-order valence-corrected chi connectivity index (χ1v) is 7.51. The Labute approximate surface area is 120 Å². The van der Waals surface area contributed by atoms with Gasteiger partial charge in [0.1, 0.15) is 18.2 Å². The Morgan fingerprint density at radius 3 is 3.00 bits per heavy atom. The summed E-state index contributed by atoms with van der Waals surface area (Å²) in [6.07, 6.45) is 1.79. The van der Waals surface area contributed by atoms with E-state index >= 15 is 0 Å². The van der Waals surface area contributed by atoms with Crippen molar-refractivity contribution in [1.29, 1.82) is 0 Å². The zero-order valence-electron chi connectivity index (χ0n) is 10.3. The van der Waals surface area contributed by atoms with Crippen LogP contribution in [0, 0.1) is 0 Å². The minimum atomic E-state index is 0.571. The molecule has 19 heavy (non-hydrogen) atoms. The largest absolute Gasteiger partial charge is 0.486 e. The molecule has 1 aliphatic rings. The van der Waals surface area contributed by atoms with E-state index in [1.165, 1.54) is 0 Å². The highest BCUT2D eigenvalue weighted by Crippen LogP contribution is 2.40.